The van der Waals surface area contributed by atoms with Gasteiger partial charge in [0.25, 0.3) is 5.91 Å². The molecular formula is C18H14FN3O2. The number of nitrogens with zero attached hydrogens (tertiary/aromatic N) is 1. The molecule has 0 heterocycles. The number of carbonyl (C=O) groups is 1. The Balaban J connectivity index is 2.24. The van der Waals surface area contributed by atoms with E-state index in [1.807, 2.05) is 6.07 Å². The Morgan fingerprint density at radius 1 is 1.00 bits per heavy atom. The number of carbonyl (C=O) groups excluding carboxylic acids is 1. The first-order chi connectivity index (χ1) is 11.5. The van der Waals surface area contributed by atoms with Crippen molar-refractivity contribution in [2.24, 2.45) is 16.5 Å². The van der Waals surface area contributed by atoms with E-state index < -0.39 is 17.5 Å². The van der Waals surface area contributed by atoms with Crippen LogP contribution in [0, 0.1) is 5.82 Å². The van der Waals surface area contributed by atoms with E-state index in [2.05, 4.69) is 4.99 Å². The molecule has 0 bridgehead atoms. The predicted molar refractivity (Wildman–Crippen MR) is 91.1 cm³/mol. The normalized spacial score (nSPS) is 10.5. The molecule has 0 unspecified atom stereocenters. The number of aromatic hydroxyl groups is 1. The molecule has 0 aliphatic rings. The first-order valence-corrected chi connectivity index (χ1v) is 7.12. The molecule has 0 aliphatic carbocycles. The van der Waals surface area contributed by atoms with Crippen molar-refractivity contribution in [3.63, 3.8) is 0 Å². The molecule has 0 fully saturated rings. The number of benzene rings is 3. The van der Waals surface area contributed by atoms with E-state index in [9.17, 15) is 14.3 Å². The van der Waals surface area contributed by atoms with Gasteiger partial charge in [-0.1, -0.05) is 36.4 Å². The van der Waals surface area contributed by atoms with Crippen LogP contribution in [-0.2, 0) is 0 Å². The van der Waals surface area contributed by atoms with Crippen molar-refractivity contribution < 1.29 is 14.3 Å². The highest BCUT2D eigenvalue weighted by Crippen LogP contribution is 2.36. The molecule has 0 atom stereocenters. The Bertz CT molecular complexity index is 979. The van der Waals surface area contributed by atoms with Crippen LogP contribution in [0.1, 0.15) is 10.4 Å². The number of guanidine groups is 1. The van der Waals surface area contributed by atoms with Crippen LogP contribution in [0.25, 0.3) is 21.9 Å². The summed E-state index contributed by atoms with van der Waals surface area (Å²) in [6.07, 6.45) is 0. The van der Waals surface area contributed by atoms with Crippen LogP contribution in [0.3, 0.4) is 0 Å². The number of phenolic OH excluding ortho intramolecular Hbond substituents is 1. The van der Waals surface area contributed by atoms with Gasteiger partial charge in [-0.05, 0) is 34.5 Å². The molecule has 5 nitrogen and oxygen atoms in total. The van der Waals surface area contributed by atoms with Crippen molar-refractivity contribution in [3.8, 4) is 16.9 Å². The molecule has 0 saturated heterocycles. The maximum atomic E-state index is 13.7. The van der Waals surface area contributed by atoms with Crippen molar-refractivity contribution in [2.75, 3.05) is 0 Å². The lowest BCUT2D eigenvalue weighted by Gasteiger charge is -2.10. The van der Waals surface area contributed by atoms with Gasteiger partial charge in [-0.15, -0.1) is 0 Å². The van der Waals surface area contributed by atoms with E-state index in [4.69, 9.17) is 11.5 Å². The number of amides is 1. The Morgan fingerprint density at radius 3 is 2.46 bits per heavy atom. The monoisotopic (exact) mass is 323 g/mol. The number of para-hydroxylation sites is 1. The maximum Gasteiger partial charge on any atom is 0.280 e. The first kappa shape index (κ1) is 15.5. The summed E-state index contributed by atoms with van der Waals surface area (Å²) in [7, 11) is 0. The predicted octanol–water partition coefficient (Wildman–Crippen LogP) is 2.77. The van der Waals surface area contributed by atoms with Crippen LogP contribution in [0.5, 0.6) is 5.75 Å². The second-order valence-corrected chi connectivity index (χ2v) is 5.22. The van der Waals surface area contributed by atoms with Gasteiger partial charge in [0.2, 0.25) is 0 Å². The van der Waals surface area contributed by atoms with Crippen LogP contribution in [-0.4, -0.2) is 17.0 Å². The first-order valence-electron chi connectivity index (χ1n) is 7.12. The zero-order valence-corrected chi connectivity index (χ0v) is 12.5. The van der Waals surface area contributed by atoms with Gasteiger partial charge in [-0.25, -0.2) is 4.39 Å². The third-order valence-electron chi connectivity index (χ3n) is 3.64. The minimum absolute atomic E-state index is 0.291. The molecule has 0 aromatic heterocycles. The summed E-state index contributed by atoms with van der Waals surface area (Å²) in [4.78, 5) is 15.5. The Morgan fingerprint density at radius 2 is 1.71 bits per heavy atom. The van der Waals surface area contributed by atoms with Crippen LogP contribution in [0.4, 0.5) is 4.39 Å². The smallest absolute Gasteiger partial charge is 0.280 e. The molecule has 0 aliphatic heterocycles. The molecule has 0 saturated carbocycles. The summed E-state index contributed by atoms with van der Waals surface area (Å²) in [6.45, 7) is 0. The molecule has 120 valence electrons. The van der Waals surface area contributed by atoms with Gasteiger partial charge in [0.05, 0.1) is 0 Å². The Labute approximate surface area is 137 Å². The Hall–Kier alpha value is -3.41. The van der Waals surface area contributed by atoms with Gasteiger partial charge in [-0.3, -0.25) is 4.79 Å². The van der Waals surface area contributed by atoms with Crippen LogP contribution in [0.2, 0.25) is 0 Å². The zero-order valence-electron chi connectivity index (χ0n) is 12.5. The summed E-state index contributed by atoms with van der Waals surface area (Å²) in [5.41, 5.74) is 11.7. The molecule has 3 rings (SSSR count). The van der Waals surface area contributed by atoms with E-state index in [0.29, 0.717) is 22.1 Å². The number of fused-ring (bicyclic) bond motifs is 1. The van der Waals surface area contributed by atoms with E-state index in [-0.39, 0.29) is 5.96 Å². The average Bonchev–Trinajstić information content (AvgIpc) is 2.56. The quantitative estimate of drug-likeness (QED) is 0.498. The summed E-state index contributed by atoms with van der Waals surface area (Å²) >= 11 is 0. The fourth-order valence-electron chi connectivity index (χ4n) is 2.56. The second kappa shape index (κ2) is 6.00. The Kier molecular flexibility index (Phi) is 3.87. The number of phenols is 1. The number of aliphatic imine (C=N–C) groups is 1. The molecule has 0 radical (unpaired) electrons. The second-order valence-electron chi connectivity index (χ2n) is 5.22. The van der Waals surface area contributed by atoms with E-state index in [0.717, 1.165) is 5.39 Å². The molecule has 3 aromatic rings. The molecule has 3 aromatic carbocycles. The fraction of sp³-hybridized carbons (Fsp3) is 0. The third kappa shape index (κ3) is 2.77. The number of halogens is 1. The van der Waals surface area contributed by atoms with Gasteiger partial charge in [0.15, 0.2) is 17.5 Å². The standard InChI is InChI=1S/C18H14FN3O2/c19-15-6-2-5-13(16(15)23)12-4-1-3-10-7-8-11(9-14(10)12)17(24)22-18(20)21/h1-9,23H,(H4,20,21,22,24). The zero-order chi connectivity index (χ0) is 17.3. The fourth-order valence-corrected chi connectivity index (χ4v) is 2.56. The topological polar surface area (TPSA) is 102 Å². The SMILES string of the molecule is NC(N)=NC(=O)c1ccc2cccc(-c3cccc(F)c3O)c2c1. The van der Waals surface area contributed by atoms with Gasteiger partial charge < -0.3 is 16.6 Å². The summed E-state index contributed by atoms with van der Waals surface area (Å²) in [5.74, 6) is -2.05. The minimum atomic E-state index is -0.711. The minimum Gasteiger partial charge on any atom is -0.504 e. The van der Waals surface area contributed by atoms with Crippen LogP contribution in [0.15, 0.2) is 59.6 Å². The van der Waals surface area contributed by atoms with Crippen molar-refractivity contribution in [1.82, 2.24) is 0 Å². The molecular weight excluding hydrogens is 309 g/mol. The lowest BCUT2D eigenvalue weighted by Crippen LogP contribution is -2.24. The van der Waals surface area contributed by atoms with Crippen molar-refractivity contribution in [2.45, 2.75) is 0 Å². The van der Waals surface area contributed by atoms with Crippen molar-refractivity contribution in [1.29, 1.82) is 0 Å². The molecule has 24 heavy (non-hydrogen) atoms. The molecule has 1 amide bonds. The van der Waals surface area contributed by atoms with E-state index in [1.54, 1.807) is 36.4 Å². The molecule has 6 heteroatoms. The van der Waals surface area contributed by atoms with Gasteiger partial charge in [0, 0.05) is 11.1 Å². The molecule has 0 spiro atoms. The lowest BCUT2D eigenvalue weighted by molar-refractivity contribution is 0.100. The molecule has 5 N–H and O–H groups in total. The van der Waals surface area contributed by atoms with Crippen LogP contribution >= 0.6 is 0 Å². The van der Waals surface area contributed by atoms with Crippen molar-refractivity contribution in [3.05, 3.63) is 66.0 Å². The maximum absolute atomic E-state index is 13.7. The highest BCUT2D eigenvalue weighted by molar-refractivity contribution is 6.06. The van der Waals surface area contributed by atoms with Gasteiger partial charge >= 0.3 is 0 Å². The highest BCUT2D eigenvalue weighted by Gasteiger charge is 2.13. The van der Waals surface area contributed by atoms with Gasteiger partial charge in [-0.2, -0.15) is 4.99 Å². The van der Waals surface area contributed by atoms with E-state index >= 15 is 0 Å². The summed E-state index contributed by atoms with van der Waals surface area (Å²) in [6, 6.07) is 14.6. The largest absolute Gasteiger partial charge is 0.504 e. The summed E-state index contributed by atoms with van der Waals surface area (Å²) < 4.78 is 13.7. The number of hydrogen-bond acceptors (Lipinski definition) is 2. The number of hydrogen-bond donors (Lipinski definition) is 3. The number of rotatable bonds is 2. The van der Waals surface area contributed by atoms with Gasteiger partial charge in [0.1, 0.15) is 0 Å². The van der Waals surface area contributed by atoms with Crippen LogP contribution < -0.4 is 11.5 Å². The van der Waals surface area contributed by atoms with Crippen molar-refractivity contribution >= 4 is 22.6 Å². The highest BCUT2D eigenvalue weighted by atomic mass is 19.1. The summed E-state index contributed by atoms with van der Waals surface area (Å²) in [5, 5.41) is 11.5. The number of nitrogens with two attached hydrogens (primary N) is 2. The third-order valence-corrected chi connectivity index (χ3v) is 3.64. The lowest BCUT2D eigenvalue weighted by atomic mass is 9.96. The average molecular weight is 323 g/mol. The van der Waals surface area contributed by atoms with E-state index in [1.165, 1.54) is 12.1 Å².